The van der Waals surface area contributed by atoms with Crippen molar-refractivity contribution in [1.82, 2.24) is 5.32 Å². The zero-order chi connectivity index (χ0) is 13.4. The van der Waals surface area contributed by atoms with Crippen LogP contribution in [0.3, 0.4) is 0 Å². The van der Waals surface area contributed by atoms with E-state index in [-0.39, 0.29) is 0 Å². The molecular weight excluding hydrogens is 226 g/mol. The van der Waals surface area contributed by atoms with Crippen molar-refractivity contribution in [3.8, 4) is 5.75 Å². The number of hydrogen-bond acceptors (Lipinski definition) is 3. The molecule has 0 radical (unpaired) electrons. The first-order chi connectivity index (χ1) is 8.65. The lowest BCUT2D eigenvalue weighted by atomic mass is 10.1. The van der Waals surface area contributed by atoms with Gasteiger partial charge in [-0.15, -0.1) is 0 Å². The van der Waals surface area contributed by atoms with Gasteiger partial charge in [0, 0.05) is 6.54 Å². The zero-order valence-corrected chi connectivity index (χ0v) is 11.7. The Morgan fingerprint density at radius 1 is 1.33 bits per heavy atom. The predicted octanol–water partition coefficient (Wildman–Crippen LogP) is 2.43. The number of hydrogen-bond donors (Lipinski definition) is 2. The van der Waals surface area contributed by atoms with Crippen molar-refractivity contribution in [2.75, 3.05) is 19.7 Å². The van der Waals surface area contributed by atoms with Gasteiger partial charge in [0.25, 0.3) is 0 Å². The molecule has 1 aromatic carbocycles. The number of aryl methyl sites for hydroxylation is 1. The third-order valence-corrected chi connectivity index (χ3v) is 3.07. The molecule has 0 amide bonds. The van der Waals surface area contributed by atoms with E-state index in [2.05, 4.69) is 25.2 Å². The Labute approximate surface area is 110 Å². The zero-order valence-electron chi connectivity index (χ0n) is 11.7. The average molecular weight is 251 g/mol. The number of nitrogens with one attached hydrogen (secondary N) is 1. The van der Waals surface area contributed by atoms with Gasteiger partial charge in [-0.2, -0.15) is 0 Å². The number of rotatable bonds is 8. The minimum absolute atomic E-state index is 0.337. The summed E-state index contributed by atoms with van der Waals surface area (Å²) >= 11 is 0. The lowest BCUT2D eigenvalue weighted by Crippen LogP contribution is -2.32. The molecule has 0 heterocycles. The van der Waals surface area contributed by atoms with Gasteiger partial charge in [0.2, 0.25) is 0 Å². The van der Waals surface area contributed by atoms with Crippen LogP contribution in [0.15, 0.2) is 18.2 Å². The van der Waals surface area contributed by atoms with Crippen LogP contribution in [0.25, 0.3) is 0 Å². The van der Waals surface area contributed by atoms with Crippen molar-refractivity contribution in [1.29, 1.82) is 0 Å². The smallest absolute Gasteiger partial charge is 0.122 e. The molecule has 0 saturated heterocycles. The second-order valence-corrected chi connectivity index (χ2v) is 4.72. The summed E-state index contributed by atoms with van der Waals surface area (Å²) in [4.78, 5) is 0. The largest absolute Gasteiger partial charge is 0.491 e. The summed E-state index contributed by atoms with van der Waals surface area (Å²) in [6.07, 6.45) is 1.86. The Morgan fingerprint density at radius 3 is 2.83 bits per heavy atom. The van der Waals surface area contributed by atoms with Gasteiger partial charge in [-0.1, -0.05) is 25.5 Å². The highest BCUT2D eigenvalue weighted by Gasteiger charge is 2.06. The van der Waals surface area contributed by atoms with Crippen molar-refractivity contribution in [2.24, 2.45) is 0 Å². The van der Waals surface area contributed by atoms with Crippen molar-refractivity contribution >= 4 is 0 Å². The minimum Gasteiger partial charge on any atom is -0.491 e. The summed E-state index contributed by atoms with van der Waals surface area (Å²) in [5.41, 5.74) is 2.35. The summed E-state index contributed by atoms with van der Waals surface area (Å²) in [5.74, 6) is 0.864. The topological polar surface area (TPSA) is 41.5 Å². The lowest BCUT2D eigenvalue weighted by molar-refractivity contribution is 0.106. The fourth-order valence-corrected chi connectivity index (χ4v) is 1.70. The van der Waals surface area contributed by atoms with E-state index in [1.807, 2.05) is 19.1 Å². The molecule has 1 aromatic rings. The summed E-state index contributed by atoms with van der Waals surface area (Å²) < 4.78 is 5.65. The van der Waals surface area contributed by atoms with Gasteiger partial charge in [0.1, 0.15) is 18.5 Å². The minimum atomic E-state index is -0.457. The Hall–Kier alpha value is -1.06. The van der Waals surface area contributed by atoms with Crippen molar-refractivity contribution < 1.29 is 9.84 Å². The Kier molecular flexibility index (Phi) is 6.76. The molecule has 3 nitrogen and oxygen atoms in total. The summed E-state index contributed by atoms with van der Waals surface area (Å²) in [7, 11) is 0. The molecule has 0 spiro atoms. The maximum Gasteiger partial charge on any atom is 0.122 e. The second kappa shape index (κ2) is 8.11. The van der Waals surface area contributed by atoms with Gasteiger partial charge in [-0.25, -0.2) is 0 Å². The quantitative estimate of drug-likeness (QED) is 0.697. The molecule has 0 aromatic heterocycles. The molecule has 18 heavy (non-hydrogen) atoms. The van der Waals surface area contributed by atoms with Crippen LogP contribution in [-0.4, -0.2) is 30.9 Å². The predicted molar refractivity (Wildman–Crippen MR) is 75.2 cm³/mol. The van der Waals surface area contributed by atoms with Gasteiger partial charge >= 0.3 is 0 Å². The van der Waals surface area contributed by atoms with Crippen LogP contribution in [0.1, 0.15) is 30.9 Å². The number of ether oxygens (including phenoxy) is 1. The van der Waals surface area contributed by atoms with Crippen LogP contribution in [0.2, 0.25) is 0 Å². The highest BCUT2D eigenvalue weighted by Crippen LogP contribution is 2.20. The average Bonchev–Trinajstić information content (AvgIpc) is 2.36. The van der Waals surface area contributed by atoms with Gasteiger partial charge in [-0.05, 0) is 44.0 Å². The van der Waals surface area contributed by atoms with Crippen LogP contribution >= 0.6 is 0 Å². The van der Waals surface area contributed by atoms with Gasteiger partial charge in [0.05, 0.1) is 0 Å². The van der Waals surface area contributed by atoms with Crippen LogP contribution in [0.5, 0.6) is 5.75 Å². The second-order valence-electron chi connectivity index (χ2n) is 4.72. The molecule has 0 saturated carbocycles. The van der Waals surface area contributed by atoms with Crippen molar-refractivity contribution in [3.05, 3.63) is 29.3 Å². The third-order valence-electron chi connectivity index (χ3n) is 3.07. The first kappa shape index (κ1) is 15.0. The van der Waals surface area contributed by atoms with Crippen LogP contribution in [0.4, 0.5) is 0 Å². The lowest BCUT2D eigenvalue weighted by Gasteiger charge is -2.15. The van der Waals surface area contributed by atoms with E-state index >= 15 is 0 Å². The molecule has 0 aliphatic rings. The van der Waals surface area contributed by atoms with E-state index in [1.165, 1.54) is 12.0 Å². The Balaban J connectivity index is 2.29. The summed E-state index contributed by atoms with van der Waals surface area (Å²) in [6.45, 7) is 8.13. The SMILES string of the molecule is CCCCNCC(O)COc1cccc(C)c1C. The highest BCUT2D eigenvalue weighted by molar-refractivity contribution is 5.38. The van der Waals surface area contributed by atoms with Crippen molar-refractivity contribution in [3.63, 3.8) is 0 Å². The van der Waals surface area contributed by atoms with Crippen LogP contribution in [0, 0.1) is 13.8 Å². The monoisotopic (exact) mass is 251 g/mol. The molecule has 1 unspecified atom stereocenters. The maximum absolute atomic E-state index is 9.78. The summed E-state index contributed by atoms with van der Waals surface area (Å²) in [6, 6.07) is 5.98. The molecule has 2 N–H and O–H groups in total. The Bertz CT molecular complexity index is 352. The first-order valence-electron chi connectivity index (χ1n) is 6.73. The molecule has 3 heteroatoms. The standard InChI is InChI=1S/C15H25NO2/c1-4-5-9-16-10-14(17)11-18-15-8-6-7-12(2)13(15)3/h6-8,14,16-17H,4-5,9-11H2,1-3H3. The number of aliphatic hydroxyl groups excluding tert-OH is 1. The molecule has 1 atom stereocenters. The molecule has 0 bridgehead atoms. The molecule has 0 aliphatic carbocycles. The fourth-order valence-electron chi connectivity index (χ4n) is 1.70. The van der Waals surface area contributed by atoms with E-state index in [0.717, 1.165) is 24.3 Å². The van der Waals surface area contributed by atoms with E-state index in [1.54, 1.807) is 0 Å². The first-order valence-corrected chi connectivity index (χ1v) is 6.73. The fraction of sp³-hybridized carbons (Fsp3) is 0.600. The molecule has 0 aliphatic heterocycles. The number of benzene rings is 1. The van der Waals surface area contributed by atoms with Crippen molar-refractivity contribution in [2.45, 2.75) is 39.7 Å². The maximum atomic E-state index is 9.78. The Morgan fingerprint density at radius 2 is 2.11 bits per heavy atom. The third kappa shape index (κ3) is 5.07. The van der Waals surface area contributed by atoms with E-state index in [0.29, 0.717) is 13.2 Å². The van der Waals surface area contributed by atoms with Gasteiger partial charge in [-0.3, -0.25) is 0 Å². The van der Waals surface area contributed by atoms with E-state index in [9.17, 15) is 5.11 Å². The highest BCUT2D eigenvalue weighted by atomic mass is 16.5. The molecule has 102 valence electrons. The summed E-state index contributed by atoms with van der Waals surface area (Å²) in [5, 5.41) is 13.0. The van der Waals surface area contributed by atoms with E-state index in [4.69, 9.17) is 4.74 Å². The number of aliphatic hydroxyl groups is 1. The van der Waals surface area contributed by atoms with Gasteiger partial charge < -0.3 is 15.2 Å². The normalized spacial score (nSPS) is 12.4. The number of unbranched alkanes of at least 4 members (excludes halogenated alkanes) is 1. The van der Waals surface area contributed by atoms with Crippen LogP contribution < -0.4 is 10.1 Å². The molecule has 1 rings (SSSR count). The van der Waals surface area contributed by atoms with Crippen LogP contribution in [-0.2, 0) is 0 Å². The molecule has 0 fully saturated rings. The van der Waals surface area contributed by atoms with Gasteiger partial charge in [0.15, 0.2) is 0 Å². The van der Waals surface area contributed by atoms with E-state index < -0.39 is 6.10 Å². The molecular formula is C15H25NO2.